The summed E-state index contributed by atoms with van der Waals surface area (Å²) in [6, 6.07) is 14.9. The number of imidazole rings is 2. The lowest BCUT2D eigenvalue weighted by atomic mass is 10.1. The molecular weight excluding hydrogens is 420 g/mol. The summed E-state index contributed by atoms with van der Waals surface area (Å²) in [4.78, 5) is 16.5. The first kappa shape index (κ1) is 22.4. The van der Waals surface area contributed by atoms with Gasteiger partial charge in [0.2, 0.25) is 0 Å². The zero-order valence-electron chi connectivity index (χ0n) is 20.0. The molecule has 0 spiro atoms. The van der Waals surface area contributed by atoms with Crippen LogP contribution in [-0.2, 0) is 13.0 Å². The van der Waals surface area contributed by atoms with Gasteiger partial charge in [0.1, 0.15) is 11.6 Å². The van der Waals surface area contributed by atoms with E-state index in [9.17, 15) is 0 Å². The molecule has 6 heteroatoms. The summed E-state index contributed by atoms with van der Waals surface area (Å²) in [6.45, 7) is 7.15. The van der Waals surface area contributed by atoms with Crippen molar-refractivity contribution in [2.45, 2.75) is 52.1 Å². The maximum atomic E-state index is 4.94. The number of hydrogen-bond acceptors (Lipinski definition) is 4. The number of nitrogens with one attached hydrogen (secondary N) is 4. The predicted molar refractivity (Wildman–Crippen MR) is 137 cm³/mol. The van der Waals surface area contributed by atoms with Gasteiger partial charge in [0, 0.05) is 22.4 Å². The molecule has 0 bridgehead atoms. The Bertz CT molecular complexity index is 1310. The predicted octanol–water partition coefficient (Wildman–Crippen LogP) is 4.84. The van der Waals surface area contributed by atoms with Crippen LogP contribution >= 0.6 is 0 Å². The Morgan fingerprint density at radius 2 is 1.82 bits per heavy atom. The van der Waals surface area contributed by atoms with Crippen LogP contribution in [0.15, 0.2) is 42.5 Å². The number of aryl methyl sites for hydroxylation is 1. The smallest absolute Gasteiger partial charge is 0.124 e. The molecule has 1 aliphatic heterocycles. The molecule has 1 fully saturated rings. The Kier molecular flexibility index (Phi) is 6.75. The molecule has 5 rings (SSSR count). The van der Waals surface area contributed by atoms with Crippen molar-refractivity contribution >= 4 is 11.0 Å². The van der Waals surface area contributed by atoms with E-state index >= 15 is 0 Å². The molecule has 0 aliphatic carbocycles. The van der Waals surface area contributed by atoms with E-state index in [0.29, 0.717) is 6.04 Å². The van der Waals surface area contributed by atoms with E-state index in [1.807, 2.05) is 12.1 Å². The number of H-pyrrole nitrogens is 2. The van der Waals surface area contributed by atoms with Crippen LogP contribution in [0.4, 0.5) is 0 Å². The largest absolute Gasteiger partial charge is 0.344 e. The Morgan fingerprint density at radius 1 is 1.00 bits per heavy atom. The highest BCUT2D eigenvalue weighted by atomic mass is 15.0. The minimum Gasteiger partial charge on any atom is -0.344 e. The highest BCUT2D eigenvalue weighted by molar-refractivity contribution is 5.77. The summed E-state index contributed by atoms with van der Waals surface area (Å²) in [7, 11) is 0. The average molecular weight is 453 g/mol. The second-order valence-electron chi connectivity index (χ2n) is 8.87. The van der Waals surface area contributed by atoms with Crippen molar-refractivity contribution in [3.63, 3.8) is 0 Å². The Labute approximate surface area is 201 Å². The molecule has 4 N–H and O–H groups in total. The van der Waals surface area contributed by atoms with Crippen LogP contribution in [-0.4, -0.2) is 33.0 Å². The van der Waals surface area contributed by atoms with Gasteiger partial charge in [-0.2, -0.15) is 0 Å². The summed E-state index contributed by atoms with van der Waals surface area (Å²) in [5.74, 6) is 8.61. The van der Waals surface area contributed by atoms with Crippen LogP contribution in [0.5, 0.6) is 0 Å². The number of nitrogens with zero attached hydrogens (tertiary/aromatic N) is 2. The van der Waals surface area contributed by atoms with Gasteiger partial charge in [-0.1, -0.05) is 37.8 Å². The number of hydrogen-bond donors (Lipinski definition) is 4. The molecule has 2 aromatic heterocycles. The van der Waals surface area contributed by atoms with Gasteiger partial charge in [-0.05, 0) is 69.1 Å². The molecule has 6 nitrogen and oxygen atoms in total. The molecule has 34 heavy (non-hydrogen) atoms. The van der Waals surface area contributed by atoms with Crippen molar-refractivity contribution in [2.24, 2.45) is 0 Å². The van der Waals surface area contributed by atoms with Crippen LogP contribution in [0.2, 0.25) is 0 Å². The van der Waals surface area contributed by atoms with Gasteiger partial charge in [0.15, 0.2) is 0 Å². The van der Waals surface area contributed by atoms with Crippen molar-refractivity contribution in [2.75, 3.05) is 13.1 Å². The number of aromatic nitrogens is 4. The van der Waals surface area contributed by atoms with E-state index in [4.69, 9.17) is 4.98 Å². The molecule has 0 amide bonds. The highest BCUT2D eigenvalue weighted by Gasteiger charge is 2.21. The van der Waals surface area contributed by atoms with E-state index in [1.165, 1.54) is 12.1 Å². The third kappa shape index (κ3) is 4.91. The first-order chi connectivity index (χ1) is 16.7. The summed E-state index contributed by atoms with van der Waals surface area (Å²) >= 11 is 0. The Hall–Kier alpha value is -3.40. The molecular formula is C28H32N6. The van der Waals surface area contributed by atoms with Crippen molar-refractivity contribution in [3.8, 4) is 23.1 Å². The summed E-state index contributed by atoms with van der Waals surface area (Å²) in [5, 5.41) is 6.91. The molecule has 1 saturated heterocycles. The average Bonchev–Trinajstić information content (AvgIpc) is 3.62. The first-order valence-electron chi connectivity index (χ1n) is 12.4. The molecule has 2 aromatic carbocycles. The third-order valence-corrected chi connectivity index (χ3v) is 6.30. The Balaban J connectivity index is 1.31. The van der Waals surface area contributed by atoms with E-state index < -0.39 is 0 Å². The second-order valence-corrected chi connectivity index (χ2v) is 8.87. The van der Waals surface area contributed by atoms with Gasteiger partial charge < -0.3 is 20.6 Å². The van der Waals surface area contributed by atoms with Gasteiger partial charge in [0.05, 0.1) is 29.3 Å². The van der Waals surface area contributed by atoms with Gasteiger partial charge >= 0.3 is 0 Å². The fraction of sp³-hybridized carbons (Fsp3) is 0.357. The van der Waals surface area contributed by atoms with Crippen LogP contribution in [0.3, 0.4) is 0 Å². The lowest BCUT2D eigenvalue weighted by Crippen LogP contribution is -2.14. The van der Waals surface area contributed by atoms with E-state index in [-0.39, 0.29) is 0 Å². The highest BCUT2D eigenvalue weighted by Crippen LogP contribution is 2.27. The van der Waals surface area contributed by atoms with Crippen molar-refractivity contribution < 1.29 is 0 Å². The molecule has 3 heterocycles. The molecule has 0 unspecified atom stereocenters. The number of fused-ring (bicyclic) bond motifs is 1. The maximum absolute atomic E-state index is 4.94. The van der Waals surface area contributed by atoms with Crippen LogP contribution in [0.25, 0.3) is 22.3 Å². The zero-order valence-corrected chi connectivity index (χ0v) is 20.0. The summed E-state index contributed by atoms with van der Waals surface area (Å²) < 4.78 is 0. The molecule has 1 aliphatic rings. The van der Waals surface area contributed by atoms with Crippen LogP contribution in [0, 0.1) is 11.8 Å². The second kappa shape index (κ2) is 10.3. The quantitative estimate of drug-likeness (QED) is 0.239. The fourth-order valence-corrected chi connectivity index (χ4v) is 4.47. The SMILES string of the molecule is CCCNCc1nc2ccc(C#Cc3ccc(-c4nc([C@@H]5CCCN5)[nH]c4CC)cc3)cc2[nH]1. The normalized spacial score (nSPS) is 15.5. The van der Waals surface area contributed by atoms with Crippen molar-refractivity contribution in [3.05, 3.63) is 70.9 Å². The molecule has 0 radical (unpaired) electrons. The third-order valence-electron chi connectivity index (χ3n) is 6.30. The number of benzene rings is 2. The van der Waals surface area contributed by atoms with Crippen LogP contribution in [0.1, 0.15) is 67.6 Å². The first-order valence-corrected chi connectivity index (χ1v) is 12.4. The molecule has 0 saturated carbocycles. The fourth-order valence-electron chi connectivity index (χ4n) is 4.47. The van der Waals surface area contributed by atoms with E-state index in [0.717, 1.165) is 84.0 Å². The molecule has 174 valence electrons. The monoisotopic (exact) mass is 452 g/mol. The lowest BCUT2D eigenvalue weighted by molar-refractivity contribution is 0.611. The lowest BCUT2D eigenvalue weighted by Gasteiger charge is -2.05. The summed E-state index contributed by atoms with van der Waals surface area (Å²) in [5.41, 5.74) is 7.34. The van der Waals surface area contributed by atoms with Gasteiger partial charge in [-0.25, -0.2) is 9.97 Å². The van der Waals surface area contributed by atoms with E-state index in [2.05, 4.69) is 81.6 Å². The number of aromatic amines is 2. The minimum absolute atomic E-state index is 0.347. The standard InChI is InChI=1S/C28H32N6/c1-3-15-29-18-26-31-23-14-11-20(17-25(23)32-26)8-7-19-9-12-21(13-10-19)27-22(4-2)33-28(34-27)24-6-5-16-30-24/h9-14,17,24,29-30H,3-6,15-16,18H2,1-2H3,(H,31,32)(H,33,34)/t24-/m0/s1. The Morgan fingerprint density at radius 3 is 2.59 bits per heavy atom. The number of rotatable bonds is 7. The van der Waals surface area contributed by atoms with Gasteiger partial charge in [-0.3, -0.25) is 0 Å². The molecule has 1 atom stereocenters. The zero-order chi connectivity index (χ0) is 23.3. The van der Waals surface area contributed by atoms with Crippen molar-refractivity contribution in [1.82, 2.24) is 30.6 Å². The minimum atomic E-state index is 0.347. The topological polar surface area (TPSA) is 81.4 Å². The van der Waals surface area contributed by atoms with Crippen molar-refractivity contribution in [1.29, 1.82) is 0 Å². The van der Waals surface area contributed by atoms with Crippen LogP contribution < -0.4 is 10.6 Å². The van der Waals surface area contributed by atoms with Gasteiger partial charge in [0.25, 0.3) is 0 Å². The maximum Gasteiger partial charge on any atom is 0.124 e. The molecule has 4 aromatic rings. The van der Waals surface area contributed by atoms with Gasteiger partial charge in [-0.15, -0.1) is 0 Å². The van der Waals surface area contributed by atoms with E-state index in [1.54, 1.807) is 0 Å². The summed E-state index contributed by atoms with van der Waals surface area (Å²) in [6.07, 6.45) is 4.40.